The Morgan fingerprint density at radius 3 is 1.29 bits per heavy atom. The van der Waals surface area contributed by atoms with Gasteiger partial charge in [0.1, 0.15) is 0 Å². The van der Waals surface area contributed by atoms with Gasteiger partial charge < -0.3 is 0 Å². The molecule has 8 aromatic carbocycles. The average Bonchev–Trinajstić information content (AvgIpc) is 3.29. The molecule has 0 radical (unpaired) electrons. The molecule has 10 rings (SSSR count). The van der Waals surface area contributed by atoms with E-state index < -0.39 is 0 Å². The van der Waals surface area contributed by atoms with Gasteiger partial charge in [-0.3, -0.25) is 0 Å². The van der Waals surface area contributed by atoms with Crippen LogP contribution in [0.1, 0.15) is 0 Å². The van der Waals surface area contributed by atoms with E-state index >= 15 is 0 Å². The fourth-order valence-corrected chi connectivity index (χ4v) is 7.74. The first kappa shape index (κ1) is 33.1. The van der Waals surface area contributed by atoms with E-state index in [4.69, 9.17) is 15.0 Å². The van der Waals surface area contributed by atoms with Crippen LogP contribution in [0.5, 0.6) is 0 Å². The lowest BCUT2D eigenvalue weighted by molar-refractivity contribution is 1.18. The molecule has 3 heteroatoms. The molecule has 10 aromatic rings. The van der Waals surface area contributed by atoms with Crippen LogP contribution in [0.15, 0.2) is 212 Å². The second-order valence-corrected chi connectivity index (χ2v) is 14.0. The number of rotatable bonds is 7. The second-order valence-electron chi connectivity index (χ2n) is 14.0. The van der Waals surface area contributed by atoms with Crippen LogP contribution in [0.4, 0.5) is 0 Å². The van der Waals surface area contributed by atoms with Crippen molar-refractivity contribution in [3.8, 4) is 78.5 Å². The second kappa shape index (κ2) is 14.4. The molecule has 0 saturated carbocycles. The minimum atomic E-state index is 0.671. The fourth-order valence-electron chi connectivity index (χ4n) is 7.74. The van der Waals surface area contributed by atoms with Crippen LogP contribution in [0.3, 0.4) is 0 Å². The van der Waals surface area contributed by atoms with Gasteiger partial charge in [-0.2, -0.15) is 0 Å². The van der Waals surface area contributed by atoms with Crippen molar-refractivity contribution in [1.82, 2.24) is 15.0 Å². The summed E-state index contributed by atoms with van der Waals surface area (Å²) in [6, 6.07) is 74.5. The molecule has 56 heavy (non-hydrogen) atoms. The van der Waals surface area contributed by atoms with Crippen LogP contribution in [0, 0.1) is 0 Å². The Kier molecular flexibility index (Phi) is 8.51. The number of hydrogen-bond acceptors (Lipinski definition) is 3. The van der Waals surface area contributed by atoms with Gasteiger partial charge in [-0.15, -0.1) is 0 Å². The van der Waals surface area contributed by atoms with E-state index in [1.54, 1.807) is 0 Å². The Morgan fingerprint density at radius 1 is 0.250 bits per heavy atom. The van der Waals surface area contributed by atoms with E-state index in [0.29, 0.717) is 5.82 Å². The van der Waals surface area contributed by atoms with Crippen LogP contribution >= 0.6 is 0 Å². The monoisotopic (exact) mass is 713 g/mol. The van der Waals surface area contributed by atoms with Gasteiger partial charge in [0.15, 0.2) is 5.82 Å². The number of hydrogen-bond donors (Lipinski definition) is 0. The van der Waals surface area contributed by atoms with E-state index in [0.717, 1.165) is 94.4 Å². The quantitative estimate of drug-likeness (QED) is 0.154. The molecule has 2 aromatic heterocycles. The van der Waals surface area contributed by atoms with Crippen molar-refractivity contribution in [2.45, 2.75) is 0 Å². The topological polar surface area (TPSA) is 38.7 Å². The fraction of sp³-hybridized carbons (Fsp3) is 0. The molecule has 0 aliphatic rings. The minimum Gasteiger partial charge on any atom is -0.248 e. The molecule has 0 saturated heterocycles. The molecule has 0 fully saturated rings. The van der Waals surface area contributed by atoms with Crippen molar-refractivity contribution in [1.29, 1.82) is 0 Å². The zero-order chi connectivity index (χ0) is 37.3. The Labute approximate surface area is 326 Å². The largest absolute Gasteiger partial charge is 0.248 e. The number of benzene rings is 8. The molecule has 262 valence electrons. The van der Waals surface area contributed by atoms with E-state index in [1.165, 1.54) is 0 Å². The molecule has 0 amide bonds. The summed E-state index contributed by atoms with van der Waals surface area (Å²) in [5.41, 5.74) is 14.5. The molecule has 0 atom stereocenters. The van der Waals surface area contributed by atoms with Crippen molar-refractivity contribution < 1.29 is 0 Å². The summed E-state index contributed by atoms with van der Waals surface area (Å²) < 4.78 is 0. The molecular formula is C53H35N3. The normalized spacial score (nSPS) is 11.2. The van der Waals surface area contributed by atoms with E-state index in [-0.39, 0.29) is 0 Å². The smallest absolute Gasteiger partial charge is 0.160 e. The van der Waals surface area contributed by atoms with E-state index in [1.807, 2.05) is 24.3 Å². The highest BCUT2D eigenvalue weighted by molar-refractivity contribution is 6.18. The highest BCUT2D eigenvalue weighted by Gasteiger charge is 2.19. The van der Waals surface area contributed by atoms with Crippen LogP contribution in [-0.4, -0.2) is 15.0 Å². The maximum Gasteiger partial charge on any atom is 0.160 e. The van der Waals surface area contributed by atoms with Crippen molar-refractivity contribution in [2.24, 2.45) is 0 Å². The molecule has 0 bridgehead atoms. The Hall–Kier alpha value is -7.49. The highest BCUT2D eigenvalue weighted by Crippen LogP contribution is 2.42. The summed E-state index contributed by atoms with van der Waals surface area (Å²) in [6.45, 7) is 0. The number of nitrogens with zero attached hydrogens (tertiary/aromatic N) is 3. The van der Waals surface area contributed by atoms with Gasteiger partial charge in [-0.1, -0.05) is 176 Å². The molecule has 0 spiro atoms. The summed E-state index contributed by atoms with van der Waals surface area (Å²) >= 11 is 0. The maximum absolute atomic E-state index is 5.38. The summed E-state index contributed by atoms with van der Waals surface area (Å²) in [5.74, 6) is 0.671. The third kappa shape index (κ3) is 6.31. The number of aromatic nitrogens is 3. The van der Waals surface area contributed by atoms with Crippen molar-refractivity contribution in [2.75, 3.05) is 0 Å². The lowest BCUT2D eigenvalue weighted by Crippen LogP contribution is -1.98. The highest BCUT2D eigenvalue weighted by atomic mass is 14.9. The van der Waals surface area contributed by atoms with Crippen LogP contribution in [-0.2, 0) is 0 Å². The first-order valence-electron chi connectivity index (χ1n) is 18.9. The summed E-state index contributed by atoms with van der Waals surface area (Å²) in [5, 5.41) is 3.36. The number of pyridine rings is 1. The summed E-state index contributed by atoms with van der Waals surface area (Å²) in [6.07, 6.45) is 0. The third-order valence-corrected chi connectivity index (χ3v) is 10.4. The van der Waals surface area contributed by atoms with Crippen molar-refractivity contribution >= 4 is 21.7 Å². The molecule has 2 heterocycles. The van der Waals surface area contributed by atoms with Gasteiger partial charge in [0.05, 0.1) is 22.6 Å². The predicted molar refractivity (Wildman–Crippen MR) is 233 cm³/mol. The summed E-state index contributed by atoms with van der Waals surface area (Å²) in [7, 11) is 0. The Balaban J connectivity index is 1.25. The molecule has 0 unspecified atom stereocenters. The van der Waals surface area contributed by atoms with E-state index in [2.05, 4.69) is 188 Å². The van der Waals surface area contributed by atoms with Gasteiger partial charge >= 0.3 is 0 Å². The Bertz CT molecular complexity index is 2920. The third-order valence-electron chi connectivity index (χ3n) is 10.4. The standard InChI is InChI=1S/C53H35N3/c1-6-18-36(19-7-1)41-30-42(37-20-8-2-9-21-37)32-43(31-41)49-35-50(56-53(55-49)40-26-14-5-15-27-40)47-34-51-52(45-29-17-16-28-44(45)47)46(38-22-10-3-11-23-38)33-48(54-51)39-24-12-4-13-25-39/h1-35H. The maximum atomic E-state index is 5.38. The molecule has 0 N–H and O–H groups in total. The predicted octanol–water partition coefficient (Wildman–Crippen LogP) is 13.8. The van der Waals surface area contributed by atoms with Gasteiger partial charge in [0.2, 0.25) is 0 Å². The zero-order valence-corrected chi connectivity index (χ0v) is 30.5. The molecule has 0 aliphatic heterocycles. The lowest BCUT2D eigenvalue weighted by atomic mass is 9.91. The van der Waals surface area contributed by atoms with Gasteiger partial charge in [-0.05, 0) is 80.6 Å². The van der Waals surface area contributed by atoms with Crippen LogP contribution in [0.2, 0.25) is 0 Å². The van der Waals surface area contributed by atoms with Gasteiger partial charge in [-0.25, -0.2) is 15.0 Å². The summed E-state index contributed by atoms with van der Waals surface area (Å²) in [4.78, 5) is 16.0. The Morgan fingerprint density at radius 2 is 0.696 bits per heavy atom. The number of fused-ring (bicyclic) bond motifs is 3. The van der Waals surface area contributed by atoms with Crippen LogP contribution < -0.4 is 0 Å². The van der Waals surface area contributed by atoms with Gasteiger partial charge in [0, 0.05) is 27.6 Å². The first-order valence-corrected chi connectivity index (χ1v) is 18.9. The van der Waals surface area contributed by atoms with Crippen molar-refractivity contribution in [3.05, 3.63) is 212 Å². The molecule has 3 nitrogen and oxygen atoms in total. The minimum absolute atomic E-state index is 0.671. The van der Waals surface area contributed by atoms with Gasteiger partial charge in [0.25, 0.3) is 0 Å². The van der Waals surface area contributed by atoms with Crippen LogP contribution in [0.25, 0.3) is 100 Å². The molecular weight excluding hydrogens is 679 g/mol. The van der Waals surface area contributed by atoms with E-state index in [9.17, 15) is 0 Å². The molecule has 0 aliphatic carbocycles. The lowest BCUT2D eigenvalue weighted by Gasteiger charge is -2.17. The zero-order valence-electron chi connectivity index (χ0n) is 30.5. The average molecular weight is 714 g/mol. The van der Waals surface area contributed by atoms with Crippen molar-refractivity contribution in [3.63, 3.8) is 0 Å². The first-order chi connectivity index (χ1) is 27.7. The SMILES string of the molecule is c1ccc(-c2cc(-c3ccccc3)cc(-c3cc(-c4cc5nc(-c6ccccc6)cc(-c6ccccc6)c5c5ccccc45)nc(-c4ccccc4)n3)c2)cc1.